The molecule has 6 nitrogen and oxygen atoms in total. The fourth-order valence-electron chi connectivity index (χ4n) is 2.93. The maximum absolute atomic E-state index is 12.9. The number of nitrogens with zero attached hydrogens (tertiary/aromatic N) is 3. The molecule has 1 aliphatic heterocycles. The minimum atomic E-state index is -0.104. The number of methoxy groups -OCH3 is 2. The number of thioether (sulfide) groups is 1. The number of carbonyl (C=O) groups is 1. The molecule has 0 saturated carbocycles. The smallest absolute Gasteiger partial charge is 0.242 e. The van der Waals surface area contributed by atoms with Crippen molar-refractivity contribution >= 4 is 29.1 Å². The van der Waals surface area contributed by atoms with E-state index in [9.17, 15) is 4.79 Å². The molecule has 0 aromatic heterocycles. The largest absolute Gasteiger partial charge is 0.497 e. The summed E-state index contributed by atoms with van der Waals surface area (Å²) >= 11 is 1.49. The zero-order valence-corrected chi connectivity index (χ0v) is 17.7. The molecule has 1 atom stereocenters. The number of amides is 1. The molecule has 29 heavy (non-hydrogen) atoms. The average molecular weight is 412 g/mol. The maximum atomic E-state index is 12.9. The number of ether oxygens (including phenoxy) is 2. The van der Waals surface area contributed by atoms with Crippen LogP contribution in [0.5, 0.6) is 11.5 Å². The highest BCUT2D eigenvalue weighted by Gasteiger charge is 2.37. The Morgan fingerprint density at radius 3 is 2.24 bits per heavy atom. The van der Waals surface area contributed by atoms with E-state index in [-0.39, 0.29) is 11.2 Å². The van der Waals surface area contributed by atoms with Gasteiger partial charge in [0.05, 0.1) is 32.2 Å². The molecule has 1 unspecified atom stereocenters. The predicted octanol–water partition coefficient (Wildman–Crippen LogP) is 4.34. The monoisotopic (exact) mass is 411 g/mol. The van der Waals surface area contributed by atoms with Gasteiger partial charge in [-0.1, -0.05) is 37.2 Å². The number of hydrogen-bond acceptors (Lipinski definition) is 6. The second kappa shape index (κ2) is 10.1. The summed E-state index contributed by atoms with van der Waals surface area (Å²) in [7, 11) is 3.27. The Labute approximate surface area is 175 Å². The van der Waals surface area contributed by atoms with E-state index in [4.69, 9.17) is 9.47 Å². The van der Waals surface area contributed by atoms with Gasteiger partial charge in [-0.3, -0.25) is 9.69 Å². The second-order valence-corrected chi connectivity index (χ2v) is 7.74. The van der Waals surface area contributed by atoms with E-state index in [1.54, 1.807) is 25.3 Å². The molecule has 2 aromatic rings. The Morgan fingerprint density at radius 2 is 1.66 bits per heavy atom. The lowest BCUT2D eigenvalue weighted by Gasteiger charge is -2.16. The minimum Gasteiger partial charge on any atom is -0.497 e. The van der Waals surface area contributed by atoms with Crippen LogP contribution in [-0.2, 0) is 11.3 Å². The van der Waals surface area contributed by atoms with Crippen molar-refractivity contribution in [3.05, 3.63) is 59.7 Å². The quantitative estimate of drug-likeness (QED) is 0.479. The van der Waals surface area contributed by atoms with Crippen LogP contribution in [0.4, 0.5) is 0 Å². The fourth-order valence-corrected chi connectivity index (χ4v) is 4.14. The summed E-state index contributed by atoms with van der Waals surface area (Å²) in [5.74, 6) is 1.67. The van der Waals surface area contributed by atoms with Crippen LogP contribution in [0.2, 0.25) is 0 Å². The van der Waals surface area contributed by atoms with E-state index >= 15 is 0 Å². The molecule has 0 spiro atoms. The zero-order valence-electron chi connectivity index (χ0n) is 16.9. The summed E-state index contributed by atoms with van der Waals surface area (Å²) in [6, 6.07) is 15.3. The number of carbonyl (C=O) groups excluding carboxylic acids is 1. The van der Waals surface area contributed by atoms with Crippen molar-refractivity contribution in [3.8, 4) is 11.5 Å². The number of rotatable bonds is 8. The summed E-state index contributed by atoms with van der Waals surface area (Å²) in [5.41, 5.74) is 1.93. The third kappa shape index (κ3) is 5.38. The van der Waals surface area contributed by atoms with Crippen LogP contribution in [0.25, 0.3) is 0 Å². The predicted molar refractivity (Wildman–Crippen MR) is 118 cm³/mol. The van der Waals surface area contributed by atoms with Crippen molar-refractivity contribution in [2.24, 2.45) is 10.2 Å². The molecule has 1 saturated heterocycles. The molecule has 0 N–H and O–H groups in total. The number of amidine groups is 1. The Morgan fingerprint density at radius 1 is 1.03 bits per heavy atom. The summed E-state index contributed by atoms with van der Waals surface area (Å²) in [5, 5.41) is 9.10. The standard InChI is InChI=1S/C22H25N3O3S/c1-4-5-20-21(26)25(15-17-8-12-19(28-3)13-9-17)22(29-20)24-23-14-16-6-10-18(27-2)11-7-16/h6-14,20H,4-5,15H2,1-3H3/b23-14+,24-22+. The molecular formula is C22H25N3O3S. The van der Waals surface area contributed by atoms with E-state index in [2.05, 4.69) is 17.1 Å². The number of benzene rings is 2. The molecule has 3 rings (SSSR count). The molecule has 1 heterocycles. The van der Waals surface area contributed by atoms with Gasteiger partial charge in [-0.15, -0.1) is 5.10 Å². The summed E-state index contributed by atoms with van der Waals surface area (Å²) in [4.78, 5) is 14.6. The highest BCUT2D eigenvalue weighted by Crippen LogP contribution is 2.32. The summed E-state index contributed by atoms with van der Waals surface area (Å²) in [6.07, 6.45) is 3.45. The van der Waals surface area contributed by atoms with Crippen LogP contribution in [0, 0.1) is 0 Å². The van der Waals surface area contributed by atoms with E-state index in [0.29, 0.717) is 11.7 Å². The van der Waals surface area contributed by atoms with Crippen molar-refractivity contribution < 1.29 is 14.3 Å². The van der Waals surface area contributed by atoms with Crippen molar-refractivity contribution in [3.63, 3.8) is 0 Å². The van der Waals surface area contributed by atoms with Gasteiger partial charge in [-0.05, 0) is 53.9 Å². The Hall–Kier alpha value is -2.80. The lowest BCUT2D eigenvalue weighted by molar-refractivity contribution is -0.126. The second-order valence-electron chi connectivity index (χ2n) is 6.57. The molecule has 2 aromatic carbocycles. The highest BCUT2D eigenvalue weighted by molar-refractivity contribution is 8.15. The van der Waals surface area contributed by atoms with E-state index in [0.717, 1.165) is 35.5 Å². The topological polar surface area (TPSA) is 63.5 Å². The van der Waals surface area contributed by atoms with Gasteiger partial charge in [0.2, 0.25) is 5.91 Å². The molecule has 0 radical (unpaired) electrons. The molecule has 1 fully saturated rings. The molecular weight excluding hydrogens is 386 g/mol. The lowest BCUT2D eigenvalue weighted by Crippen LogP contribution is -2.31. The van der Waals surface area contributed by atoms with Crippen LogP contribution < -0.4 is 9.47 Å². The van der Waals surface area contributed by atoms with Crippen molar-refractivity contribution in [2.45, 2.75) is 31.6 Å². The van der Waals surface area contributed by atoms with Crippen LogP contribution in [0.1, 0.15) is 30.9 Å². The third-order valence-corrected chi connectivity index (χ3v) is 5.77. The first-order valence-corrected chi connectivity index (χ1v) is 10.4. The molecule has 152 valence electrons. The van der Waals surface area contributed by atoms with Gasteiger partial charge in [-0.2, -0.15) is 5.10 Å². The van der Waals surface area contributed by atoms with Gasteiger partial charge >= 0.3 is 0 Å². The van der Waals surface area contributed by atoms with Gasteiger partial charge in [0, 0.05) is 0 Å². The van der Waals surface area contributed by atoms with Crippen LogP contribution >= 0.6 is 11.8 Å². The first-order chi connectivity index (χ1) is 14.1. The Kier molecular flexibility index (Phi) is 7.30. The van der Waals surface area contributed by atoms with E-state index in [1.165, 1.54) is 11.8 Å². The molecule has 7 heteroatoms. The van der Waals surface area contributed by atoms with Gasteiger partial charge < -0.3 is 9.47 Å². The van der Waals surface area contributed by atoms with E-state index < -0.39 is 0 Å². The molecule has 1 amide bonds. The Balaban J connectivity index is 1.77. The first-order valence-electron chi connectivity index (χ1n) is 9.50. The first kappa shape index (κ1) is 20.9. The van der Waals surface area contributed by atoms with Gasteiger partial charge in [0.15, 0.2) is 5.17 Å². The van der Waals surface area contributed by atoms with Gasteiger partial charge in [0.25, 0.3) is 0 Å². The highest BCUT2D eigenvalue weighted by atomic mass is 32.2. The fraction of sp³-hybridized carbons (Fsp3) is 0.318. The molecule has 0 bridgehead atoms. The van der Waals surface area contributed by atoms with Crippen molar-refractivity contribution in [2.75, 3.05) is 14.2 Å². The van der Waals surface area contributed by atoms with Crippen LogP contribution in [0.3, 0.4) is 0 Å². The lowest BCUT2D eigenvalue weighted by atomic mass is 10.2. The number of hydrogen-bond donors (Lipinski definition) is 0. The normalized spacial score (nSPS) is 18.0. The van der Waals surface area contributed by atoms with Crippen molar-refractivity contribution in [1.82, 2.24) is 4.90 Å². The third-order valence-electron chi connectivity index (χ3n) is 4.54. The van der Waals surface area contributed by atoms with Crippen LogP contribution in [0.15, 0.2) is 58.7 Å². The molecule has 1 aliphatic rings. The maximum Gasteiger partial charge on any atom is 0.242 e. The van der Waals surface area contributed by atoms with Gasteiger partial charge in [-0.25, -0.2) is 0 Å². The summed E-state index contributed by atoms with van der Waals surface area (Å²) < 4.78 is 10.4. The van der Waals surface area contributed by atoms with Crippen molar-refractivity contribution in [1.29, 1.82) is 0 Å². The van der Waals surface area contributed by atoms with Crippen LogP contribution in [-0.4, -0.2) is 41.7 Å². The SMILES string of the molecule is CCCC1S/C(=N/N=C/c2ccc(OC)cc2)N(Cc2ccc(OC)cc2)C1=O. The van der Waals surface area contributed by atoms with E-state index in [1.807, 2.05) is 48.5 Å². The summed E-state index contributed by atoms with van der Waals surface area (Å²) in [6.45, 7) is 2.55. The molecule has 0 aliphatic carbocycles. The Bertz CT molecular complexity index is 879. The zero-order chi connectivity index (χ0) is 20.6. The van der Waals surface area contributed by atoms with Gasteiger partial charge in [0.1, 0.15) is 11.5 Å². The average Bonchev–Trinajstić information content (AvgIpc) is 3.04. The minimum absolute atomic E-state index is 0.0889.